The summed E-state index contributed by atoms with van der Waals surface area (Å²) in [7, 11) is 0. The van der Waals surface area contributed by atoms with Crippen LogP contribution in [0.15, 0.2) is 36.7 Å². The van der Waals surface area contributed by atoms with E-state index < -0.39 is 12.0 Å². The lowest BCUT2D eigenvalue weighted by atomic mass is 9.84. The first kappa shape index (κ1) is 15.8. The molecule has 1 aromatic carbocycles. The summed E-state index contributed by atoms with van der Waals surface area (Å²) in [6, 6.07) is 6.40. The third-order valence-electron chi connectivity index (χ3n) is 5.41. The van der Waals surface area contributed by atoms with Crippen molar-refractivity contribution in [3.63, 3.8) is 0 Å². The maximum atomic E-state index is 13.0. The third kappa shape index (κ3) is 2.79. The number of amides is 1. The predicted molar refractivity (Wildman–Crippen MR) is 89.3 cm³/mol. The Morgan fingerprint density at radius 3 is 2.56 bits per heavy atom. The van der Waals surface area contributed by atoms with Crippen LogP contribution in [0.3, 0.4) is 0 Å². The van der Waals surface area contributed by atoms with E-state index >= 15 is 0 Å². The molecule has 3 unspecified atom stereocenters. The number of aliphatic carboxylic acids is 1. The predicted octanol–water partition coefficient (Wildman–Crippen LogP) is 2.13. The lowest BCUT2D eigenvalue weighted by Crippen LogP contribution is -2.46. The molecular weight excluding hydrogens is 320 g/mol. The second-order valence-electron chi connectivity index (χ2n) is 6.81. The van der Waals surface area contributed by atoms with Crippen molar-refractivity contribution in [1.29, 1.82) is 0 Å². The number of carboxylic acids is 1. The molecule has 1 amide bonds. The Bertz CT molecular complexity index is 772. The first-order valence-corrected chi connectivity index (χ1v) is 8.67. The van der Waals surface area contributed by atoms with Gasteiger partial charge in [-0.15, -0.1) is 5.10 Å². The molecule has 130 valence electrons. The van der Waals surface area contributed by atoms with Crippen LogP contribution in [0.4, 0.5) is 0 Å². The summed E-state index contributed by atoms with van der Waals surface area (Å²) in [6.07, 6.45) is 7.99. The minimum Gasteiger partial charge on any atom is -0.480 e. The lowest BCUT2D eigenvalue weighted by molar-refractivity contribution is -0.141. The summed E-state index contributed by atoms with van der Waals surface area (Å²) in [5, 5.41) is 17.3. The summed E-state index contributed by atoms with van der Waals surface area (Å²) >= 11 is 0. The molecule has 0 spiro atoms. The Balaban J connectivity index is 1.61. The summed E-state index contributed by atoms with van der Waals surface area (Å²) in [5.41, 5.74) is 1.32. The highest BCUT2D eigenvalue weighted by molar-refractivity contribution is 5.97. The molecule has 2 fully saturated rings. The van der Waals surface area contributed by atoms with Crippen LogP contribution in [-0.2, 0) is 4.79 Å². The minimum absolute atomic E-state index is 0.0531. The molecule has 4 rings (SSSR count). The van der Waals surface area contributed by atoms with Crippen LogP contribution < -0.4 is 0 Å². The van der Waals surface area contributed by atoms with Gasteiger partial charge >= 0.3 is 5.97 Å². The molecule has 1 saturated carbocycles. The SMILES string of the molecule is O=C(O)C1CC2CCCCC2N1C(=O)c1ccc(-n2ccnn2)cc1. The average Bonchev–Trinajstić information content (AvgIpc) is 3.29. The van der Waals surface area contributed by atoms with Crippen molar-refractivity contribution < 1.29 is 14.7 Å². The van der Waals surface area contributed by atoms with E-state index in [4.69, 9.17) is 0 Å². The highest BCUT2D eigenvalue weighted by Gasteiger charge is 2.47. The molecule has 0 bridgehead atoms. The standard InChI is InChI=1S/C18H20N4O3/c23-17(12-5-7-14(8-6-12)21-10-9-19-20-21)22-15-4-2-1-3-13(15)11-16(22)18(24)25/h5-10,13,15-16H,1-4,11H2,(H,24,25). The number of likely N-dealkylation sites (tertiary alicyclic amines) is 1. The van der Waals surface area contributed by atoms with Crippen LogP contribution in [-0.4, -0.2) is 49.0 Å². The third-order valence-corrected chi connectivity index (χ3v) is 5.41. The van der Waals surface area contributed by atoms with Gasteiger partial charge in [-0.3, -0.25) is 4.79 Å². The number of nitrogens with zero attached hydrogens (tertiary/aromatic N) is 4. The topological polar surface area (TPSA) is 88.3 Å². The number of benzene rings is 1. The molecule has 1 aliphatic heterocycles. The fraction of sp³-hybridized carbons (Fsp3) is 0.444. The van der Waals surface area contributed by atoms with E-state index in [-0.39, 0.29) is 11.9 Å². The maximum absolute atomic E-state index is 13.0. The Kier molecular flexibility index (Phi) is 3.99. The number of carbonyl (C=O) groups excluding carboxylic acids is 1. The van der Waals surface area contributed by atoms with E-state index in [1.165, 1.54) is 0 Å². The molecule has 7 heteroatoms. The van der Waals surface area contributed by atoms with Gasteiger partial charge in [-0.1, -0.05) is 18.1 Å². The number of fused-ring (bicyclic) bond motifs is 1. The fourth-order valence-corrected chi connectivity index (χ4v) is 4.22. The second-order valence-corrected chi connectivity index (χ2v) is 6.81. The molecular formula is C18H20N4O3. The van der Waals surface area contributed by atoms with Crippen molar-refractivity contribution >= 4 is 11.9 Å². The van der Waals surface area contributed by atoms with E-state index in [1.807, 2.05) is 0 Å². The summed E-state index contributed by atoms with van der Waals surface area (Å²) in [6.45, 7) is 0. The van der Waals surface area contributed by atoms with Crippen molar-refractivity contribution in [3.8, 4) is 5.69 Å². The molecule has 1 aliphatic carbocycles. The smallest absolute Gasteiger partial charge is 0.326 e. The van der Waals surface area contributed by atoms with Gasteiger partial charge in [0.25, 0.3) is 5.91 Å². The van der Waals surface area contributed by atoms with Crippen molar-refractivity contribution in [2.24, 2.45) is 5.92 Å². The van der Waals surface area contributed by atoms with Crippen LogP contribution in [0.2, 0.25) is 0 Å². The molecule has 7 nitrogen and oxygen atoms in total. The Morgan fingerprint density at radius 2 is 1.88 bits per heavy atom. The van der Waals surface area contributed by atoms with Crippen molar-refractivity contribution in [3.05, 3.63) is 42.2 Å². The summed E-state index contributed by atoms with van der Waals surface area (Å²) in [4.78, 5) is 26.4. The average molecular weight is 340 g/mol. The van der Waals surface area contributed by atoms with Gasteiger partial charge in [0.1, 0.15) is 6.04 Å². The van der Waals surface area contributed by atoms with Gasteiger partial charge < -0.3 is 10.0 Å². The van der Waals surface area contributed by atoms with E-state index in [2.05, 4.69) is 10.3 Å². The van der Waals surface area contributed by atoms with Gasteiger partial charge in [0.15, 0.2) is 0 Å². The van der Waals surface area contributed by atoms with Gasteiger partial charge in [0.2, 0.25) is 0 Å². The molecule has 25 heavy (non-hydrogen) atoms. The number of carbonyl (C=O) groups is 2. The minimum atomic E-state index is -0.901. The molecule has 2 heterocycles. The van der Waals surface area contributed by atoms with Gasteiger partial charge in [-0.25, -0.2) is 9.48 Å². The number of rotatable bonds is 3. The molecule has 1 N–H and O–H groups in total. The van der Waals surface area contributed by atoms with Gasteiger partial charge in [0, 0.05) is 11.6 Å². The zero-order chi connectivity index (χ0) is 17.4. The van der Waals surface area contributed by atoms with Crippen LogP contribution in [0, 0.1) is 5.92 Å². The Hall–Kier alpha value is -2.70. The second kappa shape index (κ2) is 6.31. The molecule has 1 saturated heterocycles. The highest BCUT2D eigenvalue weighted by atomic mass is 16.4. The highest BCUT2D eigenvalue weighted by Crippen LogP contribution is 2.40. The number of carboxylic acid groups (broad SMARTS) is 1. The lowest BCUT2D eigenvalue weighted by Gasteiger charge is -2.33. The van der Waals surface area contributed by atoms with Crippen LogP contribution in [0.25, 0.3) is 5.69 Å². The number of hydrogen-bond donors (Lipinski definition) is 1. The van der Waals surface area contributed by atoms with Crippen LogP contribution in [0.5, 0.6) is 0 Å². The quantitative estimate of drug-likeness (QED) is 0.924. The van der Waals surface area contributed by atoms with Gasteiger partial charge in [-0.2, -0.15) is 0 Å². The van der Waals surface area contributed by atoms with Crippen LogP contribution >= 0.6 is 0 Å². The van der Waals surface area contributed by atoms with Crippen LogP contribution in [0.1, 0.15) is 42.5 Å². The zero-order valence-corrected chi connectivity index (χ0v) is 13.8. The fourth-order valence-electron chi connectivity index (χ4n) is 4.22. The van der Waals surface area contributed by atoms with E-state index in [0.29, 0.717) is 17.9 Å². The molecule has 0 radical (unpaired) electrons. The molecule has 1 aromatic heterocycles. The largest absolute Gasteiger partial charge is 0.480 e. The number of aromatic nitrogens is 3. The van der Waals surface area contributed by atoms with E-state index in [0.717, 1.165) is 31.4 Å². The zero-order valence-electron chi connectivity index (χ0n) is 13.8. The Labute approximate surface area is 145 Å². The van der Waals surface area contributed by atoms with Gasteiger partial charge in [0.05, 0.1) is 18.1 Å². The first-order valence-electron chi connectivity index (χ1n) is 8.67. The van der Waals surface area contributed by atoms with Crippen molar-refractivity contribution in [2.75, 3.05) is 0 Å². The number of hydrogen-bond acceptors (Lipinski definition) is 4. The van der Waals surface area contributed by atoms with Crippen molar-refractivity contribution in [1.82, 2.24) is 19.9 Å². The van der Waals surface area contributed by atoms with E-state index in [1.54, 1.807) is 46.2 Å². The summed E-state index contributed by atoms with van der Waals surface area (Å²) < 4.78 is 1.61. The normalized spacial score (nSPS) is 25.6. The molecule has 2 aliphatic rings. The van der Waals surface area contributed by atoms with Crippen molar-refractivity contribution in [2.45, 2.75) is 44.2 Å². The van der Waals surface area contributed by atoms with Gasteiger partial charge in [-0.05, 0) is 49.4 Å². The summed E-state index contributed by atoms with van der Waals surface area (Å²) in [5.74, 6) is -0.776. The molecule has 2 aromatic rings. The first-order chi connectivity index (χ1) is 12.1. The monoisotopic (exact) mass is 340 g/mol. The Morgan fingerprint density at radius 1 is 1.12 bits per heavy atom. The van der Waals surface area contributed by atoms with E-state index in [9.17, 15) is 14.7 Å². The maximum Gasteiger partial charge on any atom is 0.326 e. The molecule has 3 atom stereocenters.